The van der Waals surface area contributed by atoms with Gasteiger partial charge in [0.05, 0.1) is 5.56 Å². The molecule has 1 aliphatic rings. The number of nitrogen functional groups attached to an aromatic ring is 1. The molecule has 0 amide bonds. The third-order valence-corrected chi connectivity index (χ3v) is 5.24. The van der Waals surface area contributed by atoms with Crippen LogP contribution in [0.5, 0.6) is 0 Å². The number of carboxylic acid groups (broad SMARTS) is 1. The number of hydrogen-bond donors (Lipinski definition) is 2. The number of esters is 1. The molecule has 0 aromatic heterocycles. The Morgan fingerprint density at radius 3 is 2.68 bits per heavy atom. The molecule has 2 rings (SSSR count). The summed E-state index contributed by atoms with van der Waals surface area (Å²) in [4.78, 5) is 23.7. The van der Waals surface area contributed by atoms with Crippen molar-refractivity contribution in [3.8, 4) is 0 Å². The highest BCUT2D eigenvalue weighted by Crippen LogP contribution is 2.35. The van der Waals surface area contributed by atoms with Crippen LogP contribution in [0.1, 0.15) is 62.4 Å². The molecule has 0 saturated heterocycles. The summed E-state index contributed by atoms with van der Waals surface area (Å²) in [5.74, 6) is 0.131. The van der Waals surface area contributed by atoms with E-state index in [0.717, 1.165) is 12.8 Å². The number of rotatable bonds is 6. The van der Waals surface area contributed by atoms with Gasteiger partial charge >= 0.3 is 11.9 Å². The molecule has 138 valence electrons. The Bertz CT molecular complexity index is 626. The summed E-state index contributed by atoms with van der Waals surface area (Å²) in [6.07, 6.45) is 3.64. The van der Waals surface area contributed by atoms with E-state index in [1.54, 1.807) is 18.2 Å². The highest BCUT2D eigenvalue weighted by Gasteiger charge is 2.33. The lowest BCUT2D eigenvalue weighted by Crippen LogP contribution is -2.35. The van der Waals surface area contributed by atoms with Crippen LogP contribution in [0, 0.1) is 17.8 Å². The number of carbonyl (C=O) groups is 2. The predicted molar refractivity (Wildman–Crippen MR) is 97.4 cm³/mol. The maximum Gasteiger partial charge on any atom is 0.338 e. The number of aryl methyl sites for hydroxylation is 1. The van der Waals surface area contributed by atoms with Gasteiger partial charge in [0.15, 0.2) is 0 Å². The van der Waals surface area contributed by atoms with Gasteiger partial charge in [-0.1, -0.05) is 39.3 Å². The number of benzene rings is 1. The third kappa shape index (κ3) is 4.97. The zero-order valence-electron chi connectivity index (χ0n) is 15.3. The van der Waals surface area contributed by atoms with Crippen LogP contribution in [0.3, 0.4) is 0 Å². The Labute approximate surface area is 149 Å². The number of carbonyl (C=O) groups excluding carboxylic acids is 1. The normalized spacial score (nSPS) is 23.4. The minimum Gasteiger partial charge on any atom is -0.478 e. The third-order valence-electron chi connectivity index (χ3n) is 5.24. The average Bonchev–Trinajstić information content (AvgIpc) is 2.52. The zero-order chi connectivity index (χ0) is 18.6. The van der Waals surface area contributed by atoms with Crippen LogP contribution >= 0.6 is 0 Å². The minimum atomic E-state index is -1.07. The van der Waals surface area contributed by atoms with Gasteiger partial charge in [0.25, 0.3) is 0 Å². The van der Waals surface area contributed by atoms with Gasteiger partial charge in [-0.25, -0.2) is 4.79 Å². The van der Waals surface area contributed by atoms with E-state index in [4.69, 9.17) is 10.5 Å². The molecule has 1 aromatic rings. The quantitative estimate of drug-likeness (QED) is 0.601. The topological polar surface area (TPSA) is 89.6 Å². The van der Waals surface area contributed by atoms with Gasteiger partial charge in [-0.3, -0.25) is 4.79 Å². The first kappa shape index (κ1) is 19.3. The summed E-state index contributed by atoms with van der Waals surface area (Å²) in [7, 11) is 0. The number of ether oxygens (including phenoxy) is 1. The van der Waals surface area contributed by atoms with Gasteiger partial charge in [-0.05, 0) is 48.6 Å². The molecular weight excluding hydrogens is 318 g/mol. The first-order chi connectivity index (χ1) is 11.8. The van der Waals surface area contributed by atoms with Crippen LogP contribution in [-0.4, -0.2) is 23.1 Å². The molecular formula is C20H29NO4. The number of carboxylic acids is 1. The van der Waals surface area contributed by atoms with Crippen molar-refractivity contribution in [3.05, 3.63) is 29.3 Å². The standard InChI is InChI=1S/C20H29NO4/c1-12(2)15-9-7-13(3)11-17(15)25-18(22)10-8-14-5-4-6-16(21)19(14)20(23)24/h4-6,12-13,15,17H,7-11,21H2,1-3H3,(H,23,24). The number of aromatic carboxylic acids is 1. The molecule has 0 heterocycles. The molecule has 1 aromatic carbocycles. The Kier molecular flexibility index (Phi) is 6.45. The summed E-state index contributed by atoms with van der Waals surface area (Å²) in [5, 5.41) is 9.30. The fraction of sp³-hybridized carbons (Fsp3) is 0.600. The zero-order valence-corrected chi connectivity index (χ0v) is 15.3. The van der Waals surface area contributed by atoms with E-state index in [0.29, 0.717) is 29.7 Å². The molecule has 5 heteroatoms. The molecule has 0 aliphatic heterocycles. The fourth-order valence-corrected chi connectivity index (χ4v) is 3.80. The molecule has 1 aliphatic carbocycles. The molecule has 5 nitrogen and oxygen atoms in total. The summed E-state index contributed by atoms with van der Waals surface area (Å²) in [6, 6.07) is 4.97. The van der Waals surface area contributed by atoms with Gasteiger partial charge in [0.2, 0.25) is 0 Å². The van der Waals surface area contributed by atoms with Gasteiger partial charge in [-0.15, -0.1) is 0 Å². The molecule has 0 radical (unpaired) electrons. The van der Waals surface area contributed by atoms with E-state index in [1.807, 2.05) is 0 Å². The molecule has 3 atom stereocenters. The second-order valence-corrected chi connectivity index (χ2v) is 7.54. The van der Waals surface area contributed by atoms with Gasteiger partial charge in [-0.2, -0.15) is 0 Å². The Balaban J connectivity index is 1.99. The Hall–Kier alpha value is -2.04. The van der Waals surface area contributed by atoms with Crippen molar-refractivity contribution >= 4 is 17.6 Å². The second kappa shape index (κ2) is 8.37. The number of nitrogens with two attached hydrogens (primary N) is 1. The van der Waals surface area contributed by atoms with Crippen LogP contribution in [0.2, 0.25) is 0 Å². The highest BCUT2D eigenvalue weighted by atomic mass is 16.5. The molecule has 25 heavy (non-hydrogen) atoms. The lowest BCUT2D eigenvalue weighted by molar-refractivity contribution is -0.155. The summed E-state index contributed by atoms with van der Waals surface area (Å²) < 4.78 is 5.77. The van der Waals surface area contributed by atoms with Gasteiger partial charge in [0, 0.05) is 12.1 Å². The van der Waals surface area contributed by atoms with E-state index < -0.39 is 5.97 Å². The minimum absolute atomic E-state index is 0.0314. The maximum atomic E-state index is 12.3. The van der Waals surface area contributed by atoms with Gasteiger partial charge < -0.3 is 15.6 Å². The van der Waals surface area contributed by atoms with Crippen molar-refractivity contribution in [1.29, 1.82) is 0 Å². The summed E-state index contributed by atoms with van der Waals surface area (Å²) in [5.41, 5.74) is 6.63. The number of hydrogen-bond acceptors (Lipinski definition) is 4. The van der Waals surface area contributed by atoms with E-state index >= 15 is 0 Å². The summed E-state index contributed by atoms with van der Waals surface area (Å²) in [6.45, 7) is 6.55. The van der Waals surface area contributed by atoms with Crippen molar-refractivity contribution in [2.75, 3.05) is 5.73 Å². The molecule has 1 fully saturated rings. The van der Waals surface area contributed by atoms with Crippen molar-refractivity contribution in [1.82, 2.24) is 0 Å². The van der Waals surface area contributed by atoms with E-state index in [1.165, 1.54) is 6.42 Å². The van der Waals surface area contributed by atoms with Crippen molar-refractivity contribution in [2.24, 2.45) is 17.8 Å². The fourth-order valence-electron chi connectivity index (χ4n) is 3.80. The lowest BCUT2D eigenvalue weighted by Gasteiger charge is -2.36. The molecule has 1 saturated carbocycles. The predicted octanol–water partition coefficient (Wildman–Crippen LogP) is 3.90. The van der Waals surface area contributed by atoms with Crippen LogP contribution in [0.15, 0.2) is 18.2 Å². The van der Waals surface area contributed by atoms with Crippen LogP contribution in [0.25, 0.3) is 0 Å². The molecule has 0 spiro atoms. The first-order valence-electron chi connectivity index (χ1n) is 9.09. The van der Waals surface area contributed by atoms with Gasteiger partial charge in [0.1, 0.15) is 6.10 Å². The van der Waals surface area contributed by atoms with Crippen LogP contribution in [-0.2, 0) is 16.0 Å². The van der Waals surface area contributed by atoms with Crippen LogP contribution in [0.4, 0.5) is 5.69 Å². The summed E-state index contributed by atoms with van der Waals surface area (Å²) >= 11 is 0. The average molecular weight is 347 g/mol. The second-order valence-electron chi connectivity index (χ2n) is 7.54. The SMILES string of the molecule is CC1CCC(C(C)C)C(OC(=O)CCc2cccc(N)c2C(=O)O)C1. The Morgan fingerprint density at radius 1 is 1.32 bits per heavy atom. The van der Waals surface area contributed by atoms with Crippen LogP contribution < -0.4 is 5.73 Å². The van der Waals surface area contributed by atoms with Crippen molar-refractivity contribution in [2.45, 2.75) is 59.0 Å². The monoisotopic (exact) mass is 347 g/mol. The molecule has 3 N–H and O–H groups in total. The number of anilines is 1. The van der Waals surface area contributed by atoms with E-state index in [-0.39, 0.29) is 29.7 Å². The van der Waals surface area contributed by atoms with E-state index in [2.05, 4.69) is 20.8 Å². The maximum absolute atomic E-state index is 12.3. The lowest BCUT2D eigenvalue weighted by atomic mass is 9.75. The molecule has 0 bridgehead atoms. The molecule has 3 unspecified atom stereocenters. The van der Waals surface area contributed by atoms with E-state index in [9.17, 15) is 14.7 Å². The smallest absolute Gasteiger partial charge is 0.338 e. The first-order valence-corrected chi connectivity index (χ1v) is 9.09. The Morgan fingerprint density at radius 2 is 2.04 bits per heavy atom. The largest absolute Gasteiger partial charge is 0.478 e. The van der Waals surface area contributed by atoms with Crippen molar-refractivity contribution < 1.29 is 19.4 Å². The highest BCUT2D eigenvalue weighted by molar-refractivity contribution is 5.95. The van der Waals surface area contributed by atoms with Crippen molar-refractivity contribution in [3.63, 3.8) is 0 Å².